The van der Waals surface area contributed by atoms with Gasteiger partial charge in [-0.2, -0.15) is 0 Å². The number of hydrogen-bond acceptors (Lipinski definition) is 4. The topological polar surface area (TPSA) is 54.6 Å². The number of amidine groups is 1. The molecule has 0 radical (unpaired) electrons. The van der Waals surface area contributed by atoms with Crippen LogP contribution in [-0.4, -0.2) is 11.1 Å². The van der Waals surface area contributed by atoms with Crippen LogP contribution in [0.5, 0.6) is 0 Å². The number of nitrogens with zero attached hydrogens (tertiary/aromatic N) is 1. The first-order valence-corrected chi connectivity index (χ1v) is 7.28. The standard InChI is InChI=1S/C16H11FN2O2S/c17-11-4-1-5-12(10-11)18-16-19-15(20)14(22-16)8-2-6-13-7-3-9-21-13/h1-10H,(H,18,19,20)/b6-2+,14-8-. The molecule has 0 atom stereocenters. The number of nitrogens with one attached hydrogen (secondary N) is 1. The van der Waals surface area contributed by atoms with Crippen LogP contribution in [-0.2, 0) is 4.79 Å². The largest absolute Gasteiger partial charge is 0.465 e. The first-order valence-electron chi connectivity index (χ1n) is 6.46. The van der Waals surface area contributed by atoms with Crippen molar-refractivity contribution in [3.05, 3.63) is 71.3 Å². The van der Waals surface area contributed by atoms with Gasteiger partial charge in [0.15, 0.2) is 5.17 Å². The first kappa shape index (κ1) is 14.3. The molecule has 1 fully saturated rings. The molecule has 0 unspecified atom stereocenters. The van der Waals surface area contributed by atoms with Crippen LogP contribution in [0.1, 0.15) is 5.76 Å². The lowest BCUT2D eigenvalue weighted by Crippen LogP contribution is -2.19. The van der Waals surface area contributed by atoms with Gasteiger partial charge in [0, 0.05) is 0 Å². The summed E-state index contributed by atoms with van der Waals surface area (Å²) >= 11 is 1.20. The number of amides is 1. The Kier molecular flexibility index (Phi) is 4.20. The van der Waals surface area contributed by atoms with Gasteiger partial charge >= 0.3 is 0 Å². The smallest absolute Gasteiger partial charge is 0.264 e. The normalized spacial score (nSPS) is 18.5. The van der Waals surface area contributed by atoms with Crippen LogP contribution in [0, 0.1) is 5.82 Å². The fourth-order valence-corrected chi connectivity index (χ4v) is 2.57. The Morgan fingerprint density at radius 2 is 2.18 bits per heavy atom. The SMILES string of the molecule is O=C1NC(=Nc2cccc(F)c2)S/C1=C\C=C\c1ccco1. The van der Waals surface area contributed by atoms with Crippen LogP contribution in [0.15, 0.2) is 69.1 Å². The van der Waals surface area contributed by atoms with Gasteiger partial charge in [-0.25, -0.2) is 9.38 Å². The van der Waals surface area contributed by atoms with Crippen molar-refractivity contribution in [1.29, 1.82) is 0 Å². The van der Waals surface area contributed by atoms with E-state index in [2.05, 4.69) is 10.3 Å². The predicted octanol–water partition coefficient (Wildman–Crippen LogP) is 3.87. The van der Waals surface area contributed by atoms with Crippen molar-refractivity contribution < 1.29 is 13.6 Å². The second kappa shape index (κ2) is 6.44. The molecule has 110 valence electrons. The molecule has 0 bridgehead atoms. The van der Waals surface area contributed by atoms with Crippen LogP contribution in [0.4, 0.5) is 10.1 Å². The van der Waals surface area contributed by atoms with E-state index in [9.17, 15) is 9.18 Å². The minimum Gasteiger partial charge on any atom is -0.465 e. The molecular formula is C16H11FN2O2S. The average molecular weight is 314 g/mol. The molecule has 6 heteroatoms. The van der Waals surface area contributed by atoms with Gasteiger partial charge in [-0.15, -0.1) is 0 Å². The van der Waals surface area contributed by atoms with Gasteiger partial charge in [0.2, 0.25) is 0 Å². The van der Waals surface area contributed by atoms with E-state index in [0.717, 1.165) is 0 Å². The zero-order valence-corrected chi connectivity index (χ0v) is 12.1. The molecule has 2 aromatic rings. The second-order valence-electron chi connectivity index (χ2n) is 4.36. The van der Waals surface area contributed by atoms with E-state index in [1.54, 1.807) is 42.7 Å². The van der Waals surface area contributed by atoms with Gasteiger partial charge in [0.05, 0.1) is 16.9 Å². The number of furan rings is 1. The van der Waals surface area contributed by atoms with Crippen molar-refractivity contribution in [2.75, 3.05) is 0 Å². The van der Waals surface area contributed by atoms with Crippen molar-refractivity contribution in [3.63, 3.8) is 0 Å². The van der Waals surface area contributed by atoms with Crippen LogP contribution < -0.4 is 5.32 Å². The van der Waals surface area contributed by atoms with E-state index < -0.39 is 0 Å². The third kappa shape index (κ3) is 3.53. The molecular weight excluding hydrogens is 303 g/mol. The van der Waals surface area contributed by atoms with Crippen LogP contribution in [0.2, 0.25) is 0 Å². The zero-order chi connectivity index (χ0) is 15.4. The molecule has 1 aliphatic heterocycles. The summed E-state index contributed by atoms with van der Waals surface area (Å²) in [6.07, 6.45) is 6.73. The van der Waals surface area contributed by atoms with Crippen LogP contribution in [0.3, 0.4) is 0 Å². The number of aliphatic imine (C=N–C) groups is 1. The van der Waals surface area contributed by atoms with Gasteiger partial charge < -0.3 is 9.73 Å². The number of halogens is 1. The Morgan fingerprint density at radius 1 is 1.27 bits per heavy atom. The summed E-state index contributed by atoms with van der Waals surface area (Å²) in [6.45, 7) is 0. The predicted molar refractivity (Wildman–Crippen MR) is 85.1 cm³/mol. The van der Waals surface area contributed by atoms with Crippen molar-refractivity contribution in [1.82, 2.24) is 5.32 Å². The molecule has 0 aliphatic carbocycles. The molecule has 3 rings (SSSR count). The summed E-state index contributed by atoms with van der Waals surface area (Å²) in [7, 11) is 0. The minimum absolute atomic E-state index is 0.232. The van der Waals surface area contributed by atoms with Gasteiger partial charge in [-0.1, -0.05) is 12.1 Å². The average Bonchev–Trinajstić information content (AvgIpc) is 3.10. The number of carbonyl (C=O) groups is 1. The Morgan fingerprint density at radius 3 is 2.95 bits per heavy atom. The maximum Gasteiger partial charge on any atom is 0.264 e. The zero-order valence-electron chi connectivity index (χ0n) is 11.3. The van der Waals surface area contributed by atoms with E-state index >= 15 is 0 Å². The van der Waals surface area contributed by atoms with Crippen molar-refractivity contribution >= 4 is 34.6 Å². The summed E-state index contributed by atoms with van der Waals surface area (Å²) in [5, 5.41) is 3.07. The molecule has 1 N–H and O–H groups in total. The van der Waals surface area contributed by atoms with Gasteiger partial charge in [-0.05, 0) is 54.2 Å². The fraction of sp³-hybridized carbons (Fsp3) is 0. The molecule has 1 aromatic carbocycles. The summed E-state index contributed by atoms with van der Waals surface area (Å²) in [6, 6.07) is 9.48. The molecule has 1 aliphatic rings. The number of thioether (sulfide) groups is 1. The molecule has 0 spiro atoms. The molecule has 0 saturated carbocycles. The van der Waals surface area contributed by atoms with Crippen LogP contribution >= 0.6 is 11.8 Å². The van der Waals surface area contributed by atoms with E-state index in [1.165, 1.54) is 23.9 Å². The Balaban J connectivity index is 1.73. The highest BCUT2D eigenvalue weighted by atomic mass is 32.2. The number of allylic oxidation sites excluding steroid dienone is 2. The maximum atomic E-state index is 13.1. The van der Waals surface area contributed by atoms with E-state index in [0.29, 0.717) is 21.5 Å². The van der Waals surface area contributed by atoms with Crippen LogP contribution in [0.25, 0.3) is 6.08 Å². The Hall–Kier alpha value is -2.60. The Bertz CT molecular complexity index is 779. The highest BCUT2D eigenvalue weighted by Crippen LogP contribution is 2.26. The molecule has 4 nitrogen and oxygen atoms in total. The highest BCUT2D eigenvalue weighted by molar-refractivity contribution is 8.18. The third-order valence-electron chi connectivity index (χ3n) is 2.74. The van der Waals surface area contributed by atoms with Crippen molar-refractivity contribution in [3.8, 4) is 0 Å². The molecule has 2 heterocycles. The number of carbonyl (C=O) groups excluding carboxylic acids is 1. The quantitative estimate of drug-likeness (QED) is 0.875. The molecule has 1 saturated heterocycles. The first-order chi connectivity index (χ1) is 10.7. The van der Waals surface area contributed by atoms with Crippen molar-refractivity contribution in [2.45, 2.75) is 0 Å². The summed E-state index contributed by atoms with van der Waals surface area (Å²) < 4.78 is 18.3. The van der Waals surface area contributed by atoms with Gasteiger partial charge in [-0.3, -0.25) is 4.79 Å². The lowest BCUT2D eigenvalue weighted by Gasteiger charge is -1.95. The van der Waals surface area contributed by atoms with Gasteiger partial charge in [0.25, 0.3) is 5.91 Å². The summed E-state index contributed by atoms with van der Waals surface area (Å²) in [4.78, 5) is 16.5. The lowest BCUT2D eigenvalue weighted by molar-refractivity contribution is -0.115. The molecule has 22 heavy (non-hydrogen) atoms. The highest BCUT2D eigenvalue weighted by Gasteiger charge is 2.23. The number of hydrogen-bond donors (Lipinski definition) is 1. The molecule has 1 aromatic heterocycles. The minimum atomic E-state index is -0.367. The Labute approximate surface area is 130 Å². The van der Waals surface area contributed by atoms with E-state index in [-0.39, 0.29) is 11.7 Å². The van der Waals surface area contributed by atoms with E-state index in [4.69, 9.17) is 4.42 Å². The summed E-state index contributed by atoms with van der Waals surface area (Å²) in [5.74, 6) is 0.103. The maximum absolute atomic E-state index is 13.1. The fourth-order valence-electron chi connectivity index (χ4n) is 1.77. The lowest BCUT2D eigenvalue weighted by atomic mass is 10.3. The number of rotatable bonds is 3. The van der Waals surface area contributed by atoms with E-state index in [1.807, 2.05) is 6.07 Å². The molecule has 1 amide bonds. The van der Waals surface area contributed by atoms with Gasteiger partial charge in [0.1, 0.15) is 11.6 Å². The monoisotopic (exact) mass is 314 g/mol. The van der Waals surface area contributed by atoms with Crippen molar-refractivity contribution in [2.24, 2.45) is 4.99 Å². The third-order valence-corrected chi connectivity index (χ3v) is 3.67. The second-order valence-corrected chi connectivity index (χ2v) is 5.39. The summed E-state index contributed by atoms with van der Waals surface area (Å²) in [5.41, 5.74) is 0.454. The number of benzene rings is 1.